The van der Waals surface area contributed by atoms with Crippen LogP contribution >= 0.6 is 11.8 Å². The first kappa shape index (κ1) is 9.10. The molecule has 0 unspecified atom stereocenters. The fourth-order valence-electron chi connectivity index (χ4n) is 0.920. The zero-order chi connectivity index (χ0) is 7.94. The molecule has 1 saturated heterocycles. The number of hydroxylamine groups is 2. The highest BCUT2D eigenvalue weighted by molar-refractivity contribution is 7.99. The van der Waals surface area contributed by atoms with Crippen molar-refractivity contribution in [2.75, 3.05) is 31.2 Å². The highest BCUT2D eigenvalue weighted by Crippen LogP contribution is 2.08. The monoisotopic (exact) mass is 173 g/mol. The number of hydrogen-bond acceptors (Lipinski definition) is 3. The van der Waals surface area contributed by atoms with Gasteiger partial charge in [-0.3, -0.25) is 4.84 Å². The number of allylic oxidation sites excluding steroid dienone is 1. The summed E-state index contributed by atoms with van der Waals surface area (Å²) in [7, 11) is 0. The molecule has 0 atom stereocenters. The first-order chi connectivity index (χ1) is 5.43. The second-order valence-corrected chi connectivity index (χ2v) is 3.63. The largest absolute Gasteiger partial charge is 0.295 e. The number of nitrogens with zero attached hydrogens (tertiary/aromatic N) is 1. The average Bonchev–Trinajstić information content (AvgIpc) is 2.07. The molecular formula is C8H15NOS. The summed E-state index contributed by atoms with van der Waals surface area (Å²) >= 11 is 2.00. The lowest BCUT2D eigenvalue weighted by molar-refractivity contribution is -0.141. The van der Waals surface area contributed by atoms with E-state index in [0.29, 0.717) is 0 Å². The highest BCUT2D eigenvalue weighted by atomic mass is 32.2. The summed E-state index contributed by atoms with van der Waals surface area (Å²) in [5.41, 5.74) is 0. The highest BCUT2D eigenvalue weighted by Gasteiger charge is 2.08. The molecule has 0 saturated carbocycles. The molecular weight excluding hydrogens is 158 g/mol. The van der Waals surface area contributed by atoms with Crippen molar-refractivity contribution in [2.24, 2.45) is 0 Å². The van der Waals surface area contributed by atoms with Crippen molar-refractivity contribution in [1.82, 2.24) is 5.06 Å². The molecule has 0 spiro atoms. The molecule has 1 heterocycles. The summed E-state index contributed by atoms with van der Waals surface area (Å²) in [4.78, 5) is 5.46. The van der Waals surface area contributed by atoms with E-state index < -0.39 is 0 Å². The smallest absolute Gasteiger partial charge is 0.0866 e. The first-order valence-electron chi connectivity index (χ1n) is 4.00. The van der Waals surface area contributed by atoms with E-state index in [-0.39, 0.29) is 0 Å². The second-order valence-electron chi connectivity index (χ2n) is 2.41. The lowest BCUT2D eigenvalue weighted by Crippen LogP contribution is -2.32. The van der Waals surface area contributed by atoms with Gasteiger partial charge >= 0.3 is 0 Å². The minimum Gasteiger partial charge on any atom is -0.295 e. The van der Waals surface area contributed by atoms with Crippen LogP contribution in [0.25, 0.3) is 0 Å². The molecule has 0 aromatic rings. The molecule has 1 aliphatic rings. The third-order valence-corrected chi connectivity index (χ3v) is 2.50. The zero-order valence-electron chi connectivity index (χ0n) is 6.95. The Morgan fingerprint density at radius 3 is 2.82 bits per heavy atom. The van der Waals surface area contributed by atoms with Crippen LogP contribution < -0.4 is 0 Å². The Morgan fingerprint density at radius 2 is 2.18 bits per heavy atom. The molecule has 2 nitrogen and oxygen atoms in total. The van der Waals surface area contributed by atoms with E-state index in [9.17, 15) is 0 Å². The summed E-state index contributed by atoms with van der Waals surface area (Å²) in [6, 6.07) is 0. The molecule has 64 valence electrons. The molecule has 0 bridgehead atoms. The third kappa shape index (κ3) is 3.79. The molecule has 1 fully saturated rings. The van der Waals surface area contributed by atoms with E-state index in [4.69, 9.17) is 4.84 Å². The molecule has 0 aliphatic carbocycles. The van der Waals surface area contributed by atoms with Gasteiger partial charge in [0, 0.05) is 24.6 Å². The van der Waals surface area contributed by atoms with Crippen molar-refractivity contribution in [3.05, 3.63) is 12.2 Å². The van der Waals surface area contributed by atoms with Crippen molar-refractivity contribution in [3.8, 4) is 0 Å². The summed E-state index contributed by atoms with van der Waals surface area (Å²) in [6.45, 7) is 4.88. The summed E-state index contributed by atoms with van der Waals surface area (Å²) in [5.74, 6) is 2.41. The van der Waals surface area contributed by atoms with Gasteiger partial charge in [-0.25, -0.2) is 0 Å². The van der Waals surface area contributed by atoms with E-state index >= 15 is 0 Å². The molecule has 0 aromatic heterocycles. The normalized spacial score (nSPS) is 21.2. The van der Waals surface area contributed by atoms with E-state index in [1.807, 2.05) is 30.8 Å². The van der Waals surface area contributed by atoms with Gasteiger partial charge in [0.25, 0.3) is 0 Å². The van der Waals surface area contributed by atoms with Crippen LogP contribution in [0.15, 0.2) is 12.2 Å². The Labute approximate surface area is 72.5 Å². The quantitative estimate of drug-likeness (QED) is 0.601. The lowest BCUT2D eigenvalue weighted by Gasteiger charge is -2.24. The SMILES string of the molecule is C/C=C/CON1CCSCC1. The molecule has 0 aromatic carbocycles. The van der Waals surface area contributed by atoms with Gasteiger partial charge in [0.1, 0.15) is 0 Å². The second kappa shape index (κ2) is 5.63. The minimum atomic E-state index is 0.723. The van der Waals surface area contributed by atoms with Crippen LogP contribution in [0.2, 0.25) is 0 Å². The van der Waals surface area contributed by atoms with Crippen molar-refractivity contribution in [1.29, 1.82) is 0 Å². The van der Waals surface area contributed by atoms with Gasteiger partial charge in [-0.05, 0) is 6.92 Å². The predicted octanol–water partition coefficient (Wildman–Crippen LogP) is 1.54. The van der Waals surface area contributed by atoms with Gasteiger partial charge in [0.05, 0.1) is 6.61 Å². The van der Waals surface area contributed by atoms with Crippen molar-refractivity contribution in [3.63, 3.8) is 0 Å². The molecule has 11 heavy (non-hydrogen) atoms. The van der Waals surface area contributed by atoms with Gasteiger partial charge < -0.3 is 0 Å². The fourth-order valence-corrected chi connectivity index (χ4v) is 1.79. The van der Waals surface area contributed by atoms with Gasteiger partial charge in [-0.15, -0.1) is 0 Å². The van der Waals surface area contributed by atoms with Gasteiger partial charge in [0.2, 0.25) is 0 Å². The fraction of sp³-hybridized carbons (Fsp3) is 0.750. The van der Waals surface area contributed by atoms with Crippen LogP contribution in [0.1, 0.15) is 6.92 Å². The Hall–Kier alpha value is 0.0100. The van der Waals surface area contributed by atoms with Crippen LogP contribution in [0.5, 0.6) is 0 Å². The zero-order valence-corrected chi connectivity index (χ0v) is 7.77. The summed E-state index contributed by atoms with van der Waals surface area (Å²) in [6.07, 6.45) is 4.04. The van der Waals surface area contributed by atoms with E-state index in [2.05, 4.69) is 5.06 Å². The average molecular weight is 173 g/mol. The van der Waals surface area contributed by atoms with Gasteiger partial charge in [0.15, 0.2) is 0 Å². The van der Waals surface area contributed by atoms with E-state index in [1.54, 1.807) is 0 Å². The van der Waals surface area contributed by atoms with Gasteiger partial charge in [-0.2, -0.15) is 16.8 Å². The predicted molar refractivity (Wildman–Crippen MR) is 49.7 cm³/mol. The molecule has 0 N–H and O–H groups in total. The lowest BCUT2D eigenvalue weighted by atomic mass is 10.5. The van der Waals surface area contributed by atoms with E-state index in [1.165, 1.54) is 11.5 Å². The number of hydrogen-bond donors (Lipinski definition) is 0. The van der Waals surface area contributed by atoms with Crippen LogP contribution in [-0.2, 0) is 4.84 Å². The Bertz CT molecular complexity index is 121. The third-order valence-electron chi connectivity index (χ3n) is 1.56. The maximum atomic E-state index is 5.46. The van der Waals surface area contributed by atoms with Crippen molar-refractivity contribution in [2.45, 2.75) is 6.92 Å². The number of rotatable bonds is 3. The van der Waals surface area contributed by atoms with E-state index in [0.717, 1.165) is 19.7 Å². The Balaban J connectivity index is 2.04. The van der Waals surface area contributed by atoms with Crippen LogP contribution in [0, 0.1) is 0 Å². The summed E-state index contributed by atoms with van der Waals surface area (Å²) in [5, 5.41) is 2.05. The first-order valence-corrected chi connectivity index (χ1v) is 5.15. The maximum Gasteiger partial charge on any atom is 0.0866 e. The number of thioether (sulfide) groups is 1. The summed E-state index contributed by atoms with van der Waals surface area (Å²) < 4.78 is 0. The standard InChI is InChI=1S/C8H15NOS/c1-2-3-6-10-9-4-7-11-8-5-9/h2-3H,4-8H2,1H3/b3-2+. The van der Waals surface area contributed by atoms with Crippen LogP contribution in [0.4, 0.5) is 0 Å². The van der Waals surface area contributed by atoms with Gasteiger partial charge in [-0.1, -0.05) is 12.2 Å². The van der Waals surface area contributed by atoms with Crippen molar-refractivity contribution < 1.29 is 4.84 Å². The molecule has 1 rings (SSSR count). The Kier molecular flexibility index (Phi) is 4.66. The van der Waals surface area contributed by atoms with Crippen molar-refractivity contribution >= 4 is 11.8 Å². The Morgan fingerprint density at radius 1 is 1.45 bits per heavy atom. The molecule has 1 aliphatic heterocycles. The molecule has 3 heteroatoms. The van der Waals surface area contributed by atoms with Crippen LogP contribution in [0.3, 0.4) is 0 Å². The molecule has 0 radical (unpaired) electrons. The minimum absolute atomic E-state index is 0.723. The van der Waals surface area contributed by atoms with Crippen LogP contribution in [-0.4, -0.2) is 36.3 Å². The topological polar surface area (TPSA) is 12.5 Å². The maximum absolute atomic E-state index is 5.46. The molecule has 0 amide bonds.